The van der Waals surface area contributed by atoms with Crippen molar-refractivity contribution in [3.63, 3.8) is 0 Å². The number of allylic oxidation sites excluding steroid dienone is 1. The predicted molar refractivity (Wildman–Crippen MR) is 143 cm³/mol. The van der Waals surface area contributed by atoms with Crippen LogP contribution < -0.4 is 10.6 Å². The molecule has 36 heavy (non-hydrogen) atoms. The topological polar surface area (TPSA) is 58.2 Å². The van der Waals surface area contributed by atoms with E-state index in [9.17, 15) is 18.4 Å². The van der Waals surface area contributed by atoms with E-state index in [-0.39, 0.29) is 6.42 Å². The van der Waals surface area contributed by atoms with E-state index in [4.69, 9.17) is 6.42 Å². The van der Waals surface area contributed by atoms with Gasteiger partial charge in [0.25, 0.3) is 5.92 Å². The second kappa shape index (κ2) is 14.1. The summed E-state index contributed by atoms with van der Waals surface area (Å²) in [6, 6.07) is -1.32. The maximum absolute atomic E-state index is 14.3. The molecule has 6 heteroatoms. The molecule has 0 unspecified atom stereocenters. The van der Waals surface area contributed by atoms with Gasteiger partial charge in [-0.15, -0.1) is 6.42 Å². The van der Waals surface area contributed by atoms with Crippen molar-refractivity contribution < 1.29 is 18.4 Å². The van der Waals surface area contributed by atoms with E-state index in [0.717, 1.165) is 25.2 Å². The van der Waals surface area contributed by atoms with E-state index in [1.807, 2.05) is 6.08 Å². The lowest BCUT2D eigenvalue weighted by atomic mass is 9.66. The summed E-state index contributed by atoms with van der Waals surface area (Å²) in [5.74, 6) is -0.802. The summed E-state index contributed by atoms with van der Waals surface area (Å²) in [7, 11) is 0. The normalized spacial score (nSPS) is 24.2. The highest BCUT2D eigenvalue weighted by Gasteiger charge is 2.45. The molecule has 2 aliphatic carbocycles. The van der Waals surface area contributed by atoms with E-state index < -0.39 is 35.7 Å². The number of carbonyl (C=O) groups excluding carboxylic acids is 2. The van der Waals surface area contributed by atoms with Crippen LogP contribution in [-0.4, -0.2) is 29.3 Å². The summed E-state index contributed by atoms with van der Waals surface area (Å²) >= 11 is 0. The van der Waals surface area contributed by atoms with Crippen molar-refractivity contribution >= 4 is 11.8 Å². The van der Waals surface area contributed by atoms with Gasteiger partial charge in [0.15, 0.2) is 0 Å². The zero-order valence-electron chi connectivity index (χ0n) is 22.8. The quantitative estimate of drug-likeness (QED) is 0.133. The van der Waals surface area contributed by atoms with E-state index in [2.05, 4.69) is 30.4 Å². The number of hydrogen-bond acceptors (Lipinski definition) is 2. The molecule has 0 radical (unpaired) electrons. The van der Waals surface area contributed by atoms with Crippen molar-refractivity contribution in [2.24, 2.45) is 11.3 Å². The summed E-state index contributed by atoms with van der Waals surface area (Å²) in [5.41, 5.74) is -0.417. The minimum atomic E-state index is -3.04. The SMILES string of the molecule is C#CC1(NC(=O)[C@H](CC(F)(F)CCC)NC(=O)/C=C/CCC2(CC)CCC(CCCCC)CC2)CC1. The van der Waals surface area contributed by atoms with Crippen molar-refractivity contribution in [3.8, 4) is 12.3 Å². The van der Waals surface area contributed by atoms with Crippen LogP contribution in [0.1, 0.15) is 124 Å². The fourth-order valence-corrected chi connectivity index (χ4v) is 5.57. The van der Waals surface area contributed by atoms with Crippen LogP contribution in [-0.2, 0) is 9.59 Å². The average Bonchev–Trinajstić information content (AvgIpc) is 3.62. The Labute approximate surface area is 217 Å². The van der Waals surface area contributed by atoms with Gasteiger partial charge in [0, 0.05) is 12.8 Å². The van der Waals surface area contributed by atoms with Gasteiger partial charge in [-0.05, 0) is 68.8 Å². The van der Waals surface area contributed by atoms with Gasteiger partial charge in [-0.2, -0.15) is 0 Å². The smallest absolute Gasteiger partial charge is 0.250 e. The molecule has 0 saturated heterocycles. The van der Waals surface area contributed by atoms with Crippen LogP contribution in [0.15, 0.2) is 12.2 Å². The van der Waals surface area contributed by atoms with Crippen molar-refractivity contribution in [3.05, 3.63) is 12.2 Å². The predicted octanol–water partition coefficient (Wildman–Crippen LogP) is 7.08. The molecule has 2 fully saturated rings. The molecule has 0 spiro atoms. The van der Waals surface area contributed by atoms with Gasteiger partial charge < -0.3 is 10.6 Å². The maximum atomic E-state index is 14.3. The van der Waals surface area contributed by atoms with Crippen molar-refractivity contribution in [2.45, 2.75) is 141 Å². The fraction of sp³-hybridized carbons (Fsp3) is 0.800. The van der Waals surface area contributed by atoms with Gasteiger partial charge >= 0.3 is 0 Å². The van der Waals surface area contributed by atoms with Gasteiger partial charge in [-0.1, -0.05) is 71.3 Å². The van der Waals surface area contributed by atoms with Crippen molar-refractivity contribution in [1.82, 2.24) is 10.6 Å². The van der Waals surface area contributed by atoms with Gasteiger partial charge in [0.1, 0.15) is 11.6 Å². The number of amides is 2. The molecule has 0 aromatic rings. The Hall–Kier alpha value is -1.90. The number of nitrogens with one attached hydrogen (secondary N) is 2. The summed E-state index contributed by atoms with van der Waals surface area (Å²) in [6.07, 6.45) is 22.5. The first-order valence-electron chi connectivity index (χ1n) is 14.3. The maximum Gasteiger partial charge on any atom is 0.250 e. The molecule has 2 amide bonds. The summed E-state index contributed by atoms with van der Waals surface area (Å²) in [5, 5.41) is 5.19. The van der Waals surface area contributed by atoms with E-state index in [0.29, 0.717) is 24.7 Å². The van der Waals surface area contributed by atoms with Gasteiger partial charge in [-0.25, -0.2) is 8.78 Å². The summed E-state index contributed by atoms with van der Waals surface area (Å²) < 4.78 is 28.7. The molecule has 0 aliphatic heterocycles. The van der Waals surface area contributed by atoms with Crippen molar-refractivity contribution in [1.29, 1.82) is 0 Å². The molecule has 204 valence electrons. The summed E-state index contributed by atoms with van der Waals surface area (Å²) in [6.45, 7) is 6.18. The number of carbonyl (C=O) groups is 2. The molecule has 2 N–H and O–H groups in total. The molecule has 2 saturated carbocycles. The molecule has 2 rings (SSSR count). The average molecular weight is 507 g/mol. The highest BCUT2D eigenvalue weighted by molar-refractivity contribution is 5.93. The molecule has 0 bridgehead atoms. The van der Waals surface area contributed by atoms with Crippen LogP contribution in [0.2, 0.25) is 0 Å². The number of halogens is 2. The Morgan fingerprint density at radius 1 is 1.11 bits per heavy atom. The third kappa shape index (κ3) is 9.87. The van der Waals surface area contributed by atoms with Crippen LogP contribution in [0.4, 0.5) is 8.78 Å². The number of terminal acetylenes is 1. The fourth-order valence-electron chi connectivity index (χ4n) is 5.57. The minimum absolute atomic E-state index is 0.294. The highest BCUT2D eigenvalue weighted by Crippen LogP contribution is 2.46. The van der Waals surface area contributed by atoms with Crippen LogP contribution in [0.5, 0.6) is 0 Å². The second-order valence-corrected chi connectivity index (χ2v) is 11.3. The summed E-state index contributed by atoms with van der Waals surface area (Å²) in [4.78, 5) is 25.3. The van der Waals surface area contributed by atoms with Crippen molar-refractivity contribution in [2.75, 3.05) is 0 Å². The van der Waals surface area contributed by atoms with Gasteiger partial charge in [0.05, 0.1) is 0 Å². The molecular formula is C30H48F2N2O2. The molecule has 2 aliphatic rings. The first-order valence-corrected chi connectivity index (χ1v) is 14.3. The zero-order chi connectivity index (χ0) is 26.7. The lowest BCUT2D eigenvalue weighted by Crippen LogP contribution is -2.52. The number of rotatable bonds is 16. The number of unbranched alkanes of at least 4 members (excludes halogenated alkanes) is 2. The minimum Gasteiger partial charge on any atom is -0.341 e. The standard InChI is InChI=1S/C30H48F2N2O2/c1-5-9-10-13-24-15-19-28(7-3,20-16-24)18-12-11-14-26(35)33-25(23-30(31,32)17-6-2)27(36)34-29(8-4)21-22-29/h4,11,14,24-25H,5-7,9-10,12-13,15-23H2,1-3H3,(H,33,35)(H,34,36)/b14-11+/t24?,25-,28?/m0/s1. The monoisotopic (exact) mass is 506 g/mol. The van der Waals surface area contributed by atoms with E-state index in [1.54, 1.807) is 6.92 Å². The zero-order valence-corrected chi connectivity index (χ0v) is 22.8. The Morgan fingerprint density at radius 2 is 1.81 bits per heavy atom. The number of alkyl halides is 2. The van der Waals surface area contributed by atoms with E-state index >= 15 is 0 Å². The van der Waals surface area contributed by atoms with Crippen LogP contribution in [0.3, 0.4) is 0 Å². The van der Waals surface area contributed by atoms with Gasteiger partial charge in [-0.3, -0.25) is 9.59 Å². The third-order valence-electron chi connectivity index (χ3n) is 8.38. The lowest BCUT2D eigenvalue weighted by molar-refractivity contribution is -0.130. The van der Waals surface area contributed by atoms with Gasteiger partial charge in [0.2, 0.25) is 11.8 Å². The Morgan fingerprint density at radius 3 is 2.36 bits per heavy atom. The number of hydrogen-bond donors (Lipinski definition) is 2. The Kier molecular flexibility index (Phi) is 11.9. The molecule has 0 aromatic carbocycles. The molecule has 4 nitrogen and oxygen atoms in total. The lowest BCUT2D eigenvalue weighted by Gasteiger charge is -2.40. The second-order valence-electron chi connectivity index (χ2n) is 11.3. The Balaban J connectivity index is 1.87. The molecular weight excluding hydrogens is 458 g/mol. The van der Waals surface area contributed by atoms with Crippen LogP contribution in [0.25, 0.3) is 0 Å². The Bertz CT molecular complexity index is 774. The van der Waals surface area contributed by atoms with Crippen LogP contribution in [0, 0.1) is 23.7 Å². The third-order valence-corrected chi connectivity index (χ3v) is 8.38. The first kappa shape index (κ1) is 30.3. The highest BCUT2D eigenvalue weighted by atomic mass is 19.3. The molecule has 0 heterocycles. The molecule has 1 atom stereocenters. The molecule has 0 aromatic heterocycles. The van der Waals surface area contributed by atoms with Crippen LogP contribution >= 0.6 is 0 Å². The largest absolute Gasteiger partial charge is 0.341 e. The first-order chi connectivity index (χ1) is 17.1. The van der Waals surface area contributed by atoms with E-state index in [1.165, 1.54) is 57.4 Å².